The van der Waals surface area contributed by atoms with E-state index in [0.717, 1.165) is 12.8 Å². The monoisotopic (exact) mass is 156 g/mol. The first-order chi connectivity index (χ1) is 5.22. The van der Waals surface area contributed by atoms with Gasteiger partial charge in [0.2, 0.25) is 0 Å². The molecule has 64 valence electrons. The normalized spacial score (nSPS) is 13.7. The van der Waals surface area contributed by atoms with Gasteiger partial charge in [0.05, 0.1) is 6.61 Å². The lowest BCUT2D eigenvalue weighted by atomic mass is 9.98. The van der Waals surface area contributed by atoms with E-state index in [4.69, 9.17) is 5.11 Å². The third-order valence-corrected chi connectivity index (χ3v) is 1.76. The van der Waals surface area contributed by atoms with Gasteiger partial charge in [-0.1, -0.05) is 19.1 Å². The molecule has 0 heterocycles. The van der Waals surface area contributed by atoms with E-state index < -0.39 is 0 Å². The zero-order valence-electron chi connectivity index (χ0n) is 7.21. The largest absolute Gasteiger partial charge is 0.392 e. The summed E-state index contributed by atoms with van der Waals surface area (Å²) in [5.41, 5.74) is 0. The van der Waals surface area contributed by atoms with Crippen LogP contribution in [0.15, 0.2) is 12.2 Å². The number of ketones is 1. The number of allylic oxidation sites excluding steroid dienone is 1. The molecule has 0 spiro atoms. The first-order valence-electron chi connectivity index (χ1n) is 3.98. The number of aliphatic hydroxyl groups is 1. The molecule has 0 saturated carbocycles. The van der Waals surface area contributed by atoms with Crippen LogP contribution in [-0.2, 0) is 4.79 Å². The Hall–Kier alpha value is -0.630. The third-order valence-electron chi connectivity index (χ3n) is 1.76. The molecule has 0 fully saturated rings. The van der Waals surface area contributed by atoms with Crippen molar-refractivity contribution >= 4 is 5.78 Å². The summed E-state index contributed by atoms with van der Waals surface area (Å²) in [5.74, 6) is 0.368. The minimum absolute atomic E-state index is 0.0638. The number of hydrogen-bond acceptors (Lipinski definition) is 2. The molecule has 0 bridgehead atoms. The van der Waals surface area contributed by atoms with Crippen molar-refractivity contribution in [2.45, 2.75) is 26.7 Å². The van der Waals surface area contributed by atoms with E-state index in [1.165, 1.54) is 0 Å². The molecule has 0 aromatic heterocycles. The Balaban J connectivity index is 3.69. The van der Waals surface area contributed by atoms with E-state index in [2.05, 4.69) is 0 Å². The Morgan fingerprint density at radius 2 is 2.18 bits per heavy atom. The molecular formula is C9H16O2. The standard InChI is InChI=1S/C9H16O2/c1-3-9(8(2)11)6-4-5-7-10/h4-5,9-10H,3,6-7H2,1-2H3. The lowest BCUT2D eigenvalue weighted by Gasteiger charge is -2.06. The van der Waals surface area contributed by atoms with Crippen molar-refractivity contribution in [1.82, 2.24) is 0 Å². The molecule has 0 aliphatic rings. The average molecular weight is 156 g/mol. The minimum Gasteiger partial charge on any atom is -0.392 e. The predicted molar refractivity (Wildman–Crippen MR) is 45.3 cm³/mol. The van der Waals surface area contributed by atoms with Gasteiger partial charge in [-0.15, -0.1) is 0 Å². The molecule has 0 aromatic rings. The van der Waals surface area contributed by atoms with Crippen molar-refractivity contribution in [2.24, 2.45) is 5.92 Å². The van der Waals surface area contributed by atoms with Crippen LogP contribution < -0.4 is 0 Å². The fourth-order valence-electron chi connectivity index (χ4n) is 0.955. The number of hydrogen-bond donors (Lipinski definition) is 1. The molecular weight excluding hydrogens is 140 g/mol. The summed E-state index contributed by atoms with van der Waals surface area (Å²) in [6, 6.07) is 0. The zero-order chi connectivity index (χ0) is 8.69. The molecule has 11 heavy (non-hydrogen) atoms. The van der Waals surface area contributed by atoms with Gasteiger partial charge in [0.15, 0.2) is 0 Å². The summed E-state index contributed by atoms with van der Waals surface area (Å²) in [6.07, 6.45) is 5.17. The van der Waals surface area contributed by atoms with E-state index >= 15 is 0 Å². The van der Waals surface area contributed by atoms with Crippen LogP contribution in [-0.4, -0.2) is 17.5 Å². The Kier molecular flexibility index (Phi) is 5.75. The fraction of sp³-hybridized carbons (Fsp3) is 0.667. The Morgan fingerprint density at radius 3 is 2.55 bits per heavy atom. The molecule has 0 aliphatic carbocycles. The second-order valence-corrected chi connectivity index (χ2v) is 2.61. The molecule has 1 unspecified atom stereocenters. The van der Waals surface area contributed by atoms with Crippen molar-refractivity contribution < 1.29 is 9.90 Å². The number of carbonyl (C=O) groups is 1. The Labute approximate surface area is 67.9 Å². The van der Waals surface area contributed by atoms with Crippen LogP contribution >= 0.6 is 0 Å². The van der Waals surface area contributed by atoms with Gasteiger partial charge in [-0.05, 0) is 19.8 Å². The zero-order valence-corrected chi connectivity index (χ0v) is 7.21. The van der Waals surface area contributed by atoms with Crippen LogP contribution in [0.1, 0.15) is 26.7 Å². The lowest BCUT2D eigenvalue weighted by Crippen LogP contribution is -2.07. The van der Waals surface area contributed by atoms with Crippen LogP contribution in [0.3, 0.4) is 0 Å². The number of aliphatic hydroxyl groups excluding tert-OH is 1. The quantitative estimate of drug-likeness (QED) is 0.613. The maximum atomic E-state index is 10.9. The van der Waals surface area contributed by atoms with Gasteiger partial charge in [-0.2, -0.15) is 0 Å². The van der Waals surface area contributed by atoms with Crippen LogP contribution in [0.4, 0.5) is 0 Å². The molecule has 0 saturated heterocycles. The Morgan fingerprint density at radius 1 is 1.55 bits per heavy atom. The number of rotatable bonds is 5. The second-order valence-electron chi connectivity index (χ2n) is 2.61. The van der Waals surface area contributed by atoms with Gasteiger partial charge in [0.1, 0.15) is 5.78 Å². The van der Waals surface area contributed by atoms with Crippen molar-refractivity contribution in [3.8, 4) is 0 Å². The minimum atomic E-state index is 0.0638. The smallest absolute Gasteiger partial charge is 0.133 e. The van der Waals surface area contributed by atoms with Gasteiger partial charge in [0.25, 0.3) is 0 Å². The van der Waals surface area contributed by atoms with Crippen LogP contribution in [0.25, 0.3) is 0 Å². The van der Waals surface area contributed by atoms with E-state index in [-0.39, 0.29) is 18.3 Å². The second kappa shape index (κ2) is 6.10. The SMILES string of the molecule is CCC(CC=CCO)C(C)=O. The highest BCUT2D eigenvalue weighted by Gasteiger charge is 2.08. The van der Waals surface area contributed by atoms with Crippen LogP contribution in [0.5, 0.6) is 0 Å². The fourth-order valence-corrected chi connectivity index (χ4v) is 0.955. The van der Waals surface area contributed by atoms with E-state index in [9.17, 15) is 4.79 Å². The highest BCUT2D eigenvalue weighted by molar-refractivity contribution is 5.78. The molecule has 1 atom stereocenters. The molecule has 2 heteroatoms. The maximum Gasteiger partial charge on any atom is 0.133 e. The molecule has 0 aliphatic heterocycles. The summed E-state index contributed by atoms with van der Waals surface area (Å²) < 4.78 is 0. The average Bonchev–Trinajstić information content (AvgIpc) is 1.97. The maximum absolute atomic E-state index is 10.9. The van der Waals surface area contributed by atoms with Crippen molar-refractivity contribution in [2.75, 3.05) is 6.61 Å². The first-order valence-corrected chi connectivity index (χ1v) is 3.98. The van der Waals surface area contributed by atoms with E-state index in [1.54, 1.807) is 13.0 Å². The van der Waals surface area contributed by atoms with Gasteiger partial charge >= 0.3 is 0 Å². The number of Topliss-reactive ketones (excluding diaryl/α,β-unsaturated/α-hetero) is 1. The highest BCUT2D eigenvalue weighted by atomic mass is 16.2. The van der Waals surface area contributed by atoms with Crippen LogP contribution in [0.2, 0.25) is 0 Å². The van der Waals surface area contributed by atoms with Gasteiger partial charge < -0.3 is 5.11 Å². The Bertz CT molecular complexity index is 138. The molecule has 2 nitrogen and oxygen atoms in total. The van der Waals surface area contributed by atoms with E-state index in [1.807, 2.05) is 13.0 Å². The van der Waals surface area contributed by atoms with Crippen LogP contribution in [0, 0.1) is 5.92 Å². The summed E-state index contributed by atoms with van der Waals surface area (Å²) in [7, 11) is 0. The third kappa shape index (κ3) is 4.73. The van der Waals surface area contributed by atoms with Crippen molar-refractivity contribution in [1.29, 1.82) is 0 Å². The van der Waals surface area contributed by atoms with Crippen molar-refractivity contribution in [3.63, 3.8) is 0 Å². The summed E-state index contributed by atoms with van der Waals surface area (Å²) in [4.78, 5) is 10.9. The lowest BCUT2D eigenvalue weighted by molar-refractivity contribution is -0.120. The topological polar surface area (TPSA) is 37.3 Å². The van der Waals surface area contributed by atoms with Gasteiger partial charge in [-0.3, -0.25) is 4.79 Å². The summed E-state index contributed by atoms with van der Waals surface area (Å²) in [5, 5.41) is 8.42. The highest BCUT2D eigenvalue weighted by Crippen LogP contribution is 2.09. The first kappa shape index (κ1) is 10.4. The number of carbonyl (C=O) groups excluding carboxylic acids is 1. The summed E-state index contributed by atoms with van der Waals surface area (Å²) >= 11 is 0. The molecule has 0 amide bonds. The summed E-state index contributed by atoms with van der Waals surface area (Å²) in [6.45, 7) is 3.67. The molecule has 0 radical (unpaired) electrons. The van der Waals surface area contributed by atoms with Gasteiger partial charge in [0, 0.05) is 5.92 Å². The predicted octanol–water partition coefficient (Wildman–Crippen LogP) is 1.54. The van der Waals surface area contributed by atoms with Gasteiger partial charge in [-0.25, -0.2) is 0 Å². The van der Waals surface area contributed by atoms with E-state index in [0.29, 0.717) is 0 Å². The molecule has 1 N–H and O–H groups in total. The molecule has 0 rings (SSSR count). The molecule has 0 aromatic carbocycles. The van der Waals surface area contributed by atoms with Crippen molar-refractivity contribution in [3.05, 3.63) is 12.2 Å².